The lowest BCUT2D eigenvalue weighted by atomic mass is 9.99. The van der Waals surface area contributed by atoms with Crippen molar-refractivity contribution in [1.82, 2.24) is 9.36 Å². The first-order valence-electron chi connectivity index (χ1n) is 7.67. The Morgan fingerprint density at radius 1 is 0.960 bits per heavy atom. The highest BCUT2D eigenvalue weighted by molar-refractivity contribution is 5.75. The lowest BCUT2D eigenvalue weighted by Gasteiger charge is -2.13. The lowest BCUT2D eigenvalue weighted by molar-refractivity contribution is 0.465. The van der Waals surface area contributed by atoms with E-state index in [1.54, 1.807) is 41.1 Å². The van der Waals surface area contributed by atoms with Crippen molar-refractivity contribution in [3.8, 4) is 22.6 Å². The van der Waals surface area contributed by atoms with Crippen LogP contribution >= 0.6 is 0 Å². The Morgan fingerprint density at radius 3 is 2.20 bits per heavy atom. The second kappa shape index (κ2) is 6.24. The first-order chi connectivity index (χ1) is 12.0. The van der Waals surface area contributed by atoms with Crippen LogP contribution in [0.4, 0.5) is 0 Å². The Labute approximate surface area is 142 Å². The average molecular weight is 336 g/mol. The average Bonchev–Trinajstić information content (AvgIpc) is 2.88. The van der Waals surface area contributed by atoms with Crippen LogP contribution in [0.15, 0.2) is 70.0 Å². The number of nitrogens with zero attached hydrogens (tertiary/aromatic N) is 2. The summed E-state index contributed by atoms with van der Waals surface area (Å²) in [4.78, 5) is 36.4. The normalized spacial score (nSPS) is 10.9. The predicted octanol–water partition coefficient (Wildman–Crippen LogP) is 1.52. The van der Waals surface area contributed by atoms with E-state index in [0.717, 1.165) is 0 Å². The molecule has 126 valence electrons. The van der Waals surface area contributed by atoms with E-state index in [0.29, 0.717) is 17.9 Å². The molecule has 1 aromatic heterocycles. The summed E-state index contributed by atoms with van der Waals surface area (Å²) in [6.45, 7) is 7.70. The molecule has 0 amide bonds. The molecule has 0 bridgehead atoms. The van der Waals surface area contributed by atoms with Crippen LogP contribution < -0.4 is 16.4 Å². The minimum atomic E-state index is -0.971. The van der Waals surface area contributed by atoms with E-state index in [1.807, 2.05) is 6.07 Å². The van der Waals surface area contributed by atoms with Gasteiger partial charge < -0.3 is 5.11 Å². The third-order valence-electron chi connectivity index (χ3n) is 4.02. The standard InChI is InChI=1S/C19H16N2O4/c1-3-8-13-14(15-16(22)18(24)17(15)23)19(25)21(20(13)11-4-2)12-9-6-5-7-10-12/h3-7,9-10,22H,1-2,8,11H2. The van der Waals surface area contributed by atoms with Crippen molar-refractivity contribution in [2.24, 2.45) is 0 Å². The smallest absolute Gasteiger partial charge is 0.279 e. The van der Waals surface area contributed by atoms with Gasteiger partial charge in [0.05, 0.1) is 29.1 Å². The fourth-order valence-electron chi connectivity index (χ4n) is 2.94. The lowest BCUT2D eigenvalue weighted by Crippen LogP contribution is -2.33. The molecule has 0 aliphatic carbocycles. The quantitative estimate of drug-likeness (QED) is 0.547. The van der Waals surface area contributed by atoms with E-state index in [1.165, 1.54) is 4.68 Å². The summed E-state index contributed by atoms with van der Waals surface area (Å²) >= 11 is 0. The van der Waals surface area contributed by atoms with Crippen molar-refractivity contribution >= 4 is 0 Å². The second-order valence-corrected chi connectivity index (χ2v) is 5.52. The third kappa shape index (κ3) is 2.39. The van der Waals surface area contributed by atoms with Crippen molar-refractivity contribution in [2.45, 2.75) is 13.0 Å². The highest BCUT2D eigenvalue weighted by atomic mass is 16.3. The zero-order valence-corrected chi connectivity index (χ0v) is 13.4. The summed E-state index contributed by atoms with van der Waals surface area (Å²) in [7, 11) is 0. The number of rotatable bonds is 6. The van der Waals surface area contributed by atoms with Crippen LogP contribution in [0, 0.1) is 0 Å². The number of benzene rings is 1. The first-order valence-corrected chi connectivity index (χ1v) is 7.67. The topological polar surface area (TPSA) is 81.3 Å². The van der Waals surface area contributed by atoms with Gasteiger partial charge in [0.25, 0.3) is 11.0 Å². The molecule has 3 rings (SSSR count). The van der Waals surface area contributed by atoms with Gasteiger partial charge in [-0.05, 0) is 12.1 Å². The van der Waals surface area contributed by atoms with E-state index in [2.05, 4.69) is 13.2 Å². The van der Waals surface area contributed by atoms with E-state index in [4.69, 9.17) is 0 Å². The maximum atomic E-state index is 13.1. The van der Waals surface area contributed by atoms with Gasteiger partial charge in [0.1, 0.15) is 0 Å². The van der Waals surface area contributed by atoms with Gasteiger partial charge in [-0.2, -0.15) is 0 Å². The van der Waals surface area contributed by atoms with Crippen molar-refractivity contribution in [3.63, 3.8) is 0 Å². The number of aromatic hydroxyl groups is 1. The number of aromatic nitrogens is 2. The monoisotopic (exact) mass is 336 g/mol. The molecule has 0 fully saturated rings. The molecular weight excluding hydrogens is 320 g/mol. The zero-order valence-electron chi connectivity index (χ0n) is 13.4. The van der Waals surface area contributed by atoms with E-state index >= 15 is 0 Å². The summed E-state index contributed by atoms with van der Waals surface area (Å²) < 4.78 is 3.07. The number of hydrogen-bond acceptors (Lipinski definition) is 4. The van der Waals surface area contributed by atoms with Gasteiger partial charge in [0, 0.05) is 6.42 Å². The molecule has 1 heterocycles. The molecule has 2 aromatic carbocycles. The molecular formula is C19H16N2O4. The Kier molecular flexibility index (Phi) is 4.10. The van der Waals surface area contributed by atoms with Crippen LogP contribution in [0.5, 0.6) is 5.75 Å². The van der Waals surface area contributed by atoms with Crippen molar-refractivity contribution < 1.29 is 5.11 Å². The van der Waals surface area contributed by atoms with Gasteiger partial charge >= 0.3 is 0 Å². The van der Waals surface area contributed by atoms with Crippen LogP contribution in [-0.2, 0) is 13.0 Å². The highest BCUT2D eigenvalue weighted by Crippen LogP contribution is 2.27. The Hall–Kier alpha value is -3.41. The third-order valence-corrected chi connectivity index (χ3v) is 4.02. The predicted molar refractivity (Wildman–Crippen MR) is 96.1 cm³/mol. The Bertz CT molecular complexity index is 1090. The SMILES string of the molecule is C=CCc1c(-c2c(O)c(=O)c2=O)c(=O)n(-c2ccccc2)n1CC=C. The summed E-state index contributed by atoms with van der Waals surface area (Å²) in [5, 5.41) is 9.82. The summed E-state index contributed by atoms with van der Waals surface area (Å²) in [5.41, 5.74) is -1.40. The second-order valence-electron chi connectivity index (χ2n) is 5.52. The van der Waals surface area contributed by atoms with E-state index in [9.17, 15) is 19.5 Å². The summed E-state index contributed by atoms with van der Waals surface area (Å²) in [6.07, 6.45) is 3.50. The van der Waals surface area contributed by atoms with Gasteiger partial charge in [-0.25, -0.2) is 4.68 Å². The zero-order chi connectivity index (χ0) is 18.1. The summed E-state index contributed by atoms with van der Waals surface area (Å²) in [6, 6.07) is 8.90. The highest BCUT2D eigenvalue weighted by Gasteiger charge is 2.30. The van der Waals surface area contributed by atoms with Crippen molar-refractivity contribution in [2.75, 3.05) is 0 Å². The van der Waals surface area contributed by atoms with Crippen LogP contribution in [0.2, 0.25) is 0 Å². The largest absolute Gasteiger partial charge is 0.503 e. The number of allylic oxidation sites excluding steroid dienone is 2. The Balaban J connectivity index is 2.42. The fraction of sp³-hybridized carbons (Fsp3) is 0.105. The molecule has 25 heavy (non-hydrogen) atoms. The fourth-order valence-corrected chi connectivity index (χ4v) is 2.94. The molecule has 0 aliphatic rings. The number of hydrogen-bond donors (Lipinski definition) is 1. The van der Waals surface area contributed by atoms with Gasteiger partial charge in [-0.15, -0.1) is 13.2 Å². The summed E-state index contributed by atoms with van der Waals surface area (Å²) in [5.74, 6) is -0.664. The molecule has 0 saturated heterocycles. The minimum absolute atomic E-state index is 0.0349. The van der Waals surface area contributed by atoms with Gasteiger partial charge in [-0.1, -0.05) is 30.4 Å². The Morgan fingerprint density at radius 2 is 1.64 bits per heavy atom. The molecule has 6 nitrogen and oxygen atoms in total. The van der Waals surface area contributed by atoms with Crippen LogP contribution in [-0.4, -0.2) is 14.5 Å². The minimum Gasteiger partial charge on any atom is -0.503 e. The molecule has 0 unspecified atom stereocenters. The molecule has 0 aliphatic heterocycles. The first kappa shape index (κ1) is 16.4. The maximum Gasteiger partial charge on any atom is 0.279 e. The van der Waals surface area contributed by atoms with E-state index < -0.39 is 22.2 Å². The van der Waals surface area contributed by atoms with Gasteiger partial charge in [0.15, 0.2) is 5.75 Å². The van der Waals surface area contributed by atoms with Gasteiger partial charge in [-0.3, -0.25) is 19.1 Å². The van der Waals surface area contributed by atoms with E-state index in [-0.39, 0.29) is 17.5 Å². The molecule has 0 saturated carbocycles. The van der Waals surface area contributed by atoms with Crippen molar-refractivity contribution in [3.05, 3.63) is 92.1 Å². The number of para-hydroxylation sites is 1. The van der Waals surface area contributed by atoms with Crippen LogP contribution in [0.25, 0.3) is 16.8 Å². The maximum absolute atomic E-state index is 13.1. The molecule has 0 atom stereocenters. The molecule has 3 aromatic rings. The van der Waals surface area contributed by atoms with Gasteiger partial charge in [0.2, 0.25) is 5.43 Å². The molecule has 0 radical (unpaired) electrons. The molecule has 1 N–H and O–H groups in total. The molecule has 0 spiro atoms. The van der Waals surface area contributed by atoms with Crippen LogP contribution in [0.3, 0.4) is 0 Å². The molecule has 6 heteroatoms. The van der Waals surface area contributed by atoms with Crippen LogP contribution in [0.1, 0.15) is 5.69 Å². The van der Waals surface area contributed by atoms with Crippen molar-refractivity contribution in [1.29, 1.82) is 0 Å².